The van der Waals surface area contributed by atoms with E-state index in [9.17, 15) is 14.7 Å². The number of carboxylic acid groups (broad SMARTS) is 1. The second-order valence-electron chi connectivity index (χ2n) is 6.23. The van der Waals surface area contributed by atoms with Crippen molar-refractivity contribution in [2.24, 2.45) is 0 Å². The minimum atomic E-state index is -1.21. The van der Waals surface area contributed by atoms with E-state index < -0.39 is 11.9 Å². The van der Waals surface area contributed by atoms with Crippen molar-refractivity contribution in [2.75, 3.05) is 12.4 Å². The van der Waals surface area contributed by atoms with Crippen molar-refractivity contribution in [1.29, 1.82) is 0 Å². The van der Waals surface area contributed by atoms with Crippen LogP contribution in [0.1, 0.15) is 27.7 Å². The van der Waals surface area contributed by atoms with Gasteiger partial charge in [-0.3, -0.25) is 4.79 Å². The summed E-state index contributed by atoms with van der Waals surface area (Å²) in [5.41, 5.74) is 1.04. The Morgan fingerprint density at radius 1 is 1.00 bits per heavy atom. The molecule has 0 saturated carbocycles. The SMILES string of the molecule is COc1cccc(COc2ccc(NC(=O)c3ccc(Cl)cc3Cl)c(C(=O)O)c2)c1.[H-].[Li+]. The predicted octanol–water partition coefficient (Wildman–Crippen LogP) is 2.65. The van der Waals surface area contributed by atoms with Crippen LogP contribution in [0.25, 0.3) is 0 Å². The van der Waals surface area contributed by atoms with Gasteiger partial charge >= 0.3 is 24.8 Å². The van der Waals surface area contributed by atoms with Gasteiger partial charge in [-0.2, -0.15) is 0 Å². The van der Waals surface area contributed by atoms with E-state index in [1.54, 1.807) is 13.2 Å². The maximum absolute atomic E-state index is 12.5. The zero-order valence-electron chi connectivity index (χ0n) is 17.8. The molecule has 0 fully saturated rings. The van der Waals surface area contributed by atoms with E-state index in [1.807, 2.05) is 24.3 Å². The van der Waals surface area contributed by atoms with Crippen LogP contribution < -0.4 is 33.7 Å². The fourth-order valence-corrected chi connectivity index (χ4v) is 3.19. The van der Waals surface area contributed by atoms with Crippen molar-refractivity contribution >= 4 is 40.8 Å². The van der Waals surface area contributed by atoms with E-state index in [4.69, 9.17) is 32.7 Å². The Labute approximate surface area is 202 Å². The molecule has 0 aliphatic rings. The van der Waals surface area contributed by atoms with Gasteiger partial charge in [0, 0.05) is 5.02 Å². The second-order valence-corrected chi connectivity index (χ2v) is 7.07. The molecule has 6 nitrogen and oxygen atoms in total. The summed E-state index contributed by atoms with van der Waals surface area (Å²) in [6.07, 6.45) is 0. The summed E-state index contributed by atoms with van der Waals surface area (Å²) in [5, 5.41) is 12.7. The first kappa shape index (κ1) is 24.6. The third kappa shape index (κ3) is 6.43. The largest absolute Gasteiger partial charge is 1.00 e. The van der Waals surface area contributed by atoms with Crippen LogP contribution in [-0.4, -0.2) is 24.1 Å². The van der Waals surface area contributed by atoms with Gasteiger partial charge < -0.3 is 21.3 Å². The monoisotopic (exact) mass is 453 g/mol. The average molecular weight is 454 g/mol. The zero-order chi connectivity index (χ0) is 21.7. The molecule has 0 aliphatic carbocycles. The Hall–Kier alpha value is -2.62. The molecule has 1 amide bonds. The Balaban J connectivity index is 0.00000256. The van der Waals surface area contributed by atoms with Crippen molar-refractivity contribution in [3.05, 3.63) is 87.4 Å². The summed E-state index contributed by atoms with van der Waals surface area (Å²) in [6, 6.07) is 16.2. The first-order chi connectivity index (χ1) is 14.4. The number of methoxy groups -OCH3 is 1. The number of carbonyl (C=O) groups excluding carboxylic acids is 1. The normalized spacial score (nSPS) is 10.0. The quantitative estimate of drug-likeness (QED) is 0.537. The minimum absolute atomic E-state index is 0. The van der Waals surface area contributed by atoms with Crippen LogP contribution in [0, 0.1) is 0 Å². The molecule has 0 heterocycles. The smallest absolute Gasteiger partial charge is 1.00 e. The molecule has 0 atom stereocenters. The van der Waals surface area contributed by atoms with E-state index >= 15 is 0 Å². The number of anilines is 1. The standard InChI is InChI=1S/C22H17Cl2NO5.Li.H/c1-29-15-4-2-3-13(9-15)12-30-16-6-8-20(18(11-16)22(27)28)25-21(26)17-7-5-14(23)10-19(17)24;;/h2-11H,12H2,1H3,(H,25,26)(H,27,28);;/q;+1;-1. The van der Waals surface area contributed by atoms with Gasteiger partial charge in [0.05, 0.1) is 28.9 Å². The molecule has 156 valence electrons. The van der Waals surface area contributed by atoms with Crippen molar-refractivity contribution in [3.63, 3.8) is 0 Å². The predicted molar refractivity (Wildman–Crippen MR) is 116 cm³/mol. The molecule has 0 unspecified atom stereocenters. The van der Waals surface area contributed by atoms with Crippen LogP contribution in [0.5, 0.6) is 11.5 Å². The number of carbonyl (C=O) groups is 2. The van der Waals surface area contributed by atoms with Gasteiger partial charge in [-0.05, 0) is 54.1 Å². The fourth-order valence-electron chi connectivity index (χ4n) is 2.69. The molecule has 31 heavy (non-hydrogen) atoms. The third-order valence-electron chi connectivity index (χ3n) is 4.19. The van der Waals surface area contributed by atoms with Gasteiger partial charge in [0.25, 0.3) is 5.91 Å². The number of aromatic carboxylic acids is 1. The first-order valence-corrected chi connectivity index (χ1v) is 9.52. The van der Waals surface area contributed by atoms with Crippen LogP contribution >= 0.6 is 23.2 Å². The van der Waals surface area contributed by atoms with E-state index in [0.29, 0.717) is 16.5 Å². The van der Waals surface area contributed by atoms with Gasteiger partial charge in [-0.1, -0.05) is 35.3 Å². The molecule has 0 aromatic heterocycles. The molecule has 0 radical (unpaired) electrons. The maximum atomic E-state index is 12.5. The zero-order valence-corrected chi connectivity index (χ0v) is 18.3. The molecule has 0 bridgehead atoms. The number of benzene rings is 3. The molecule has 3 aromatic rings. The molecular weight excluding hydrogens is 436 g/mol. The summed E-state index contributed by atoms with van der Waals surface area (Å²) in [5.74, 6) is -0.720. The van der Waals surface area contributed by atoms with Crippen LogP contribution in [0.15, 0.2) is 60.7 Å². The maximum Gasteiger partial charge on any atom is 1.00 e. The number of rotatable bonds is 7. The minimum Gasteiger partial charge on any atom is -1.00 e. The van der Waals surface area contributed by atoms with Gasteiger partial charge in [0.1, 0.15) is 18.1 Å². The van der Waals surface area contributed by atoms with E-state index in [2.05, 4.69) is 5.32 Å². The van der Waals surface area contributed by atoms with Crippen LogP contribution in [0.4, 0.5) is 5.69 Å². The average Bonchev–Trinajstić information content (AvgIpc) is 2.72. The Bertz CT molecular complexity index is 1110. The van der Waals surface area contributed by atoms with Gasteiger partial charge in [0.2, 0.25) is 0 Å². The molecule has 0 saturated heterocycles. The van der Waals surface area contributed by atoms with Crippen LogP contribution in [0.2, 0.25) is 10.0 Å². The summed E-state index contributed by atoms with van der Waals surface area (Å²) in [6.45, 7) is 0.225. The second kappa shape index (κ2) is 11.1. The molecule has 0 aliphatic heterocycles. The number of hydrogen-bond donors (Lipinski definition) is 2. The Kier molecular flexibility index (Phi) is 8.85. The molecule has 0 spiro atoms. The van der Waals surface area contributed by atoms with E-state index in [-0.39, 0.29) is 48.7 Å². The van der Waals surface area contributed by atoms with Gasteiger partial charge in [0.15, 0.2) is 0 Å². The Morgan fingerprint density at radius 2 is 1.77 bits per heavy atom. The number of nitrogens with one attached hydrogen (secondary N) is 1. The topological polar surface area (TPSA) is 84.9 Å². The number of carboxylic acids is 1. The summed E-state index contributed by atoms with van der Waals surface area (Å²) in [4.78, 5) is 24.2. The number of hydrogen-bond acceptors (Lipinski definition) is 4. The summed E-state index contributed by atoms with van der Waals surface area (Å²) in [7, 11) is 1.57. The molecule has 3 rings (SSSR count). The van der Waals surface area contributed by atoms with Crippen molar-refractivity contribution in [3.8, 4) is 11.5 Å². The molecule has 9 heteroatoms. The van der Waals surface area contributed by atoms with Crippen LogP contribution in [0.3, 0.4) is 0 Å². The summed E-state index contributed by atoms with van der Waals surface area (Å²) >= 11 is 11.9. The number of amides is 1. The Morgan fingerprint density at radius 3 is 2.45 bits per heavy atom. The third-order valence-corrected chi connectivity index (χ3v) is 4.73. The number of halogens is 2. The van der Waals surface area contributed by atoms with Gasteiger partial charge in [-0.25, -0.2) is 4.79 Å². The van der Waals surface area contributed by atoms with E-state index in [0.717, 1.165) is 5.56 Å². The van der Waals surface area contributed by atoms with E-state index in [1.165, 1.54) is 30.3 Å². The van der Waals surface area contributed by atoms with Gasteiger partial charge in [-0.15, -0.1) is 0 Å². The molecular formula is C22H18Cl2LiNO5. The first-order valence-electron chi connectivity index (χ1n) is 8.77. The summed E-state index contributed by atoms with van der Waals surface area (Å²) < 4.78 is 10.9. The fraction of sp³-hybridized carbons (Fsp3) is 0.0909. The van der Waals surface area contributed by atoms with Crippen molar-refractivity contribution < 1.29 is 44.5 Å². The van der Waals surface area contributed by atoms with Crippen molar-refractivity contribution in [2.45, 2.75) is 6.61 Å². The molecule has 3 aromatic carbocycles. The van der Waals surface area contributed by atoms with Crippen molar-refractivity contribution in [1.82, 2.24) is 0 Å². The molecule has 2 N–H and O–H groups in total. The number of ether oxygens (including phenoxy) is 2. The van der Waals surface area contributed by atoms with Crippen LogP contribution in [-0.2, 0) is 6.61 Å².